The van der Waals surface area contributed by atoms with Crippen LogP contribution in [0.3, 0.4) is 0 Å². The number of hydrogen-bond acceptors (Lipinski definition) is 4. The number of nitrogens with one attached hydrogen (secondary N) is 1. The Kier molecular flexibility index (Phi) is 5.16. The van der Waals surface area contributed by atoms with Gasteiger partial charge in [-0.3, -0.25) is 4.79 Å². The molecular formula is C11H17N3O4. The zero-order valence-corrected chi connectivity index (χ0v) is 10.4. The first-order valence-electron chi connectivity index (χ1n) is 5.58. The zero-order chi connectivity index (χ0) is 13.5. The number of amides is 2. The lowest BCUT2D eigenvalue weighted by atomic mass is 10.1. The van der Waals surface area contributed by atoms with Gasteiger partial charge in [0.2, 0.25) is 5.91 Å². The van der Waals surface area contributed by atoms with Gasteiger partial charge in [-0.2, -0.15) is 0 Å². The van der Waals surface area contributed by atoms with Crippen LogP contribution in [0.2, 0.25) is 0 Å². The second kappa shape index (κ2) is 6.63. The van der Waals surface area contributed by atoms with Crippen LogP contribution in [0.5, 0.6) is 0 Å². The maximum atomic E-state index is 12.0. The van der Waals surface area contributed by atoms with Gasteiger partial charge >= 0.3 is 6.09 Å². The summed E-state index contributed by atoms with van der Waals surface area (Å²) < 4.78 is 0. The third kappa shape index (κ3) is 4.08. The number of rotatable bonds is 4. The van der Waals surface area contributed by atoms with Crippen molar-refractivity contribution >= 4 is 18.2 Å². The van der Waals surface area contributed by atoms with E-state index in [9.17, 15) is 9.59 Å². The summed E-state index contributed by atoms with van der Waals surface area (Å²) in [6, 6.07) is -0.749. The summed E-state index contributed by atoms with van der Waals surface area (Å²) >= 11 is 0. The number of carbonyl (C=O) groups excluding carboxylic acids is 1. The van der Waals surface area contributed by atoms with Crippen LogP contribution in [-0.2, 0) is 9.63 Å². The molecule has 0 aliphatic carbocycles. The summed E-state index contributed by atoms with van der Waals surface area (Å²) in [5, 5.41) is 14.4. The third-order valence-corrected chi connectivity index (χ3v) is 2.52. The zero-order valence-electron chi connectivity index (χ0n) is 10.4. The number of hydrogen-bond donors (Lipinski definition) is 2. The van der Waals surface area contributed by atoms with E-state index in [1.807, 2.05) is 6.08 Å². The molecule has 1 heterocycles. The normalized spacial score (nSPS) is 17.2. The van der Waals surface area contributed by atoms with Crippen molar-refractivity contribution in [2.24, 2.45) is 5.16 Å². The van der Waals surface area contributed by atoms with Crippen molar-refractivity contribution in [1.29, 1.82) is 0 Å². The highest BCUT2D eigenvalue weighted by atomic mass is 16.6. The van der Waals surface area contributed by atoms with Gasteiger partial charge in [0.15, 0.2) is 0 Å². The Morgan fingerprint density at radius 2 is 2.39 bits per heavy atom. The average Bonchev–Trinajstić information content (AvgIpc) is 2.35. The second-order valence-electron chi connectivity index (χ2n) is 3.92. The van der Waals surface area contributed by atoms with Gasteiger partial charge in [-0.1, -0.05) is 11.2 Å². The van der Waals surface area contributed by atoms with Crippen LogP contribution in [0.4, 0.5) is 4.79 Å². The maximum Gasteiger partial charge on any atom is 0.405 e. The molecule has 0 aromatic heterocycles. The number of carboxylic acid groups (broad SMARTS) is 1. The lowest BCUT2D eigenvalue weighted by Gasteiger charge is -2.28. The summed E-state index contributed by atoms with van der Waals surface area (Å²) in [5.74, 6) is -0.242. The predicted octanol–water partition coefficient (Wildman–Crippen LogP) is 0.433. The Morgan fingerprint density at radius 1 is 1.67 bits per heavy atom. The molecular weight excluding hydrogens is 238 g/mol. The summed E-state index contributed by atoms with van der Waals surface area (Å²) in [7, 11) is 1.45. The van der Waals surface area contributed by atoms with Crippen LogP contribution < -0.4 is 5.32 Å². The molecule has 1 aliphatic heterocycles. The summed E-state index contributed by atoms with van der Waals surface area (Å²) in [4.78, 5) is 28.6. The Bertz CT molecular complexity index is 378. The van der Waals surface area contributed by atoms with Crippen LogP contribution in [-0.4, -0.2) is 54.5 Å². The fourth-order valence-corrected chi connectivity index (χ4v) is 1.69. The number of carbonyl (C=O) groups is 2. The SMILES string of the molecule is CON=CC1=CCCN(C(=O)C(C)NC(=O)O)C1. The number of nitrogens with zero attached hydrogens (tertiary/aromatic N) is 2. The lowest BCUT2D eigenvalue weighted by molar-refractivity contribution is -0.132. The monoisotopic (exact) mass is 255 g/mol. The largest absolute Gasteiger partial charge is 0.465 e. The van der Waals surface area contributed by atoms with E-state index in [1.54, 1.807) is 11.1 Å². The molecule has 0 aromatic rings. The Morgan fingerprint density at radius 3 is 3.00 bits per heavy atom. The molecule has 0 spiro atoms. The van der Waals surface area contributed by atoms with Crippen LogP contribution in [0.25, 0.3) is 0 Å². The molecule has 0 saturated carbocycles. The smallest absolute Gasteiger partial charge is 0.405 e. The molecule has 1 rings (SSSR count). The summed E-state index contributed by atoms with van der Waals surface area (Å²) in [6.07, 6.45) is 3.04. The maximum absolute atomic E-state index is 12.0. The van der Waals surface area contributed by atoms with Crippen LogP contribution in [0, 0.1) is 0 Å². The molecule has 0 bridgehead atoms. The van der Waals surface area contributed by atoms with Crippen molar-refractivity contribution in [2.75, 3.05) is 20.2 Å². The van der Waals surface area contributed by atoms with Crippen molar-refractivity contribution in [3.63, 3.8) is 0 Å². The fraction of sp³-hybridized carbons (Fsp3) is 0.545. The van der Waals surface area contributed by atoms with E-state index in [4.69, 9.17) is 5.11 Å². The molecule has 0 radical (unpaired) electrons. The first-order valence-corrected chi connectivity index (χ1v) is 5.58. The number of oxime groups is 1. The minimum atomic E-state index is -1.20. The van der Waals surface area contributed by atoms with E-state index in [2.05, 4.69) is 15.3 Å². The van der Waals surface area contributed by atoms with Gasteiger partial charge in [-0.05, 0) is 18.9 Å². The van der Waals surface area contributed by atoms with E-state index in [0.717, 1.165) is 12.0 Å². The van der Waals surface area contributed by atoms with Crippen LogP contribution >= 0.6 is 0 Å². The molecule has 0 fully saturated rings. The van der Waals surface area contributed by atoms with Crippen molar-refractivity contribution < 1.29 is 19.5 Å². The van der Waals surface area contributed by atoms with E-state index in [-0.39, 0.29) is 5.91 Å². The van der Waals surface area contributed by atoms with Gasteiger partial charge in [0.1, 0.15) is 13.2 Å². The minimum absolute atomic E-state index is 0.242. The third-order valence-electron chi connectivity index (χ3n) is 2.52. The molecule has 7 nitrogen and oxygen atoms in total. The predicted molar refractivity (Wildman–Crippen MR) is 65.4 cm³/mol. The Labute approximate surface area is 105 Å². The van der Waals surface area contributed by atoms with Crippen molar-refractivity contribution in [3.05, 3.63) is 11.6 Å². The first kappa shape index (κ1) is 14.0. The average molecular weight is 255 g/mol. The molecule has 18 heavy (non-hydrogen) atoms. The fourth-order valence-electron chi connectivity index (χ4n) is 1.69. The Balaban J connectivity index is 2.58. The highest BCUT2D eigenvalue weighted by Gasteiger charge is 2.23. The van der Waals surface area contributed by atoms with E-state index in [1.165, 1.54) is 14.0 Å². The Hall–Kier alpha value is -2.05. The topological polar surface area (TPSA) is 91.2 Å². The van der Waals surface area contributed by atoms with Gasteiger partial charge in [0.05, 0.1) is 6.21 Å². The van der Waals surface area contributed by atoms with Gasteiger partial charge in [-0.15, -0.1) is 0 Å². The second-order valence-corrected chi connectivity index (χ2v) is 3.92. The molecule has 1 atom stereocenters. The lowest BCUT2D eigenvalue weighted by Crippen LogP contribution is -2.48. The molecule has 1 aliphatic rings. The van der Waals surface area contributed by atoms with Crippen LogP contribution in [0.1, 0.15) is 13.3 Å². The van der Waals surface area contributed by atoms with Gasteiger partial charge < -0.3 is 20.2 Å². The highest BCUT2D eigenvalue weighted by Crippen LogP contribution is 2.09. The minimum Gasteiger partial charge on any atom is -0.465 e. The molecule has 0 aromatic carbocycles. The summed E-state index contributed by atoms with van der Waals surface area (Å²) in [5.41, 5.74) is 0.874. The molecule has 7 heteroatoms. The van der Waals surface area contributed by atoms with Crippen molar-refractivity contribution in [1.82, 2.24) is 10.2 Å². The van der Waals surface area contributed by atoms with E-state index >= 15 is 0 Å². The molecule has 2 amide bonds. The highest BCUT2D eigenvalue weighted by molar-refractivity contribution is 5.87. The molecule has 1 unspecified atom stereocenters. The van der Waals surface area contributed by atoms with Crippen LogP contribution in [0.15, 0.2) is 16.8 Å². The van der Waals surface area contributed by atoms with Crippen molar-refractivity contribution in [2.45, 2.75) is 19.4 Å². The quantitative estimate of drug-likeness (QED) is 0.563. The molecule has 0 saturated heterocycles. The standard InChI is InChI=1S/C11H17N3O4/c1-8(13-11(16)17)10(15)14-5-3-4-9(7-14)6-12-18-2/h4,6,8,13H,3,5,7H2,1-2H3,(H,16,17). The van der Waals surface area contributed by atoms with Gasteiger partial charge in [0, 0.05) is 13.1 Å². The van der Waals surface area contributed by atoms with Gasteiger partial charge in [-0.25, -0.2) is 4.79 Å². The summed E-state index contributed by atoms with van der Waals surface area (Å²) in [6.45, 7) is 2.52. The first-order chi connectivity index (χ1) is 8.54. The molecule has 100 valence electrons. The van der Waals surface area contributed by atoms with Gasteiger partial charge in [0.25, 0.3) is 0 Å². The van der Waals surface area contributed by atoms with E-state index < -0.39 is 12.1 Å². The molecule has 2 N–H and O–H groups in total. The van der Waals surface area contributed by atoms with Crippen molar-refractivity contribution in [3.8, 4) is 0 Å². The van der Waals surface area contributed by atoms with E-state index in [0.29, 0.717) is 13.1 Å².